The largest absolute Gasteiger partial charge is 0.335 e. The van der Waals surface area contributed by atoms with Crippen LogP contribution in [0, 0.1) is 16.0 Å². The van der Waals surface area contributed by atoms with E-state index in [1.165, 1.54) is 12.3 Å². The summed E-state index contributed by atoms with van der Waals surface area (Å²) in [7, 11) is 1.82. The predicted molar refractivity (Wildman–Crippen MR) is 83.3 cm³/mol. The number of pyridine rings is 1. The number of halogens is 2. The maximum atomic E-state index is 13.2. The Kier molecular flexibility index (Phi) is 3.87. The first kappa shape index (κ1) is 15.6. The van der Waals surface area contributed by atoms with E-state index in [0.29, 0.717) is 23.9 Å². The molecular weight excluding hydrogens is 304 g/mol. The van der Waals surface area contributed by atoms with Crippen molar-refractivity contribution >= 4 is 22.8 Å². The molecule has 5 nitrogen and oxygen atoms in total. The number of allylic oxidation sites excluding steroid dienone is 1. The molecule has 2 heterocycles. The third kappa shape index (κ3) is 3.23. The Morgan fingerprint density at radius 1 is 1.43 bits per heavy atom. The van der Waals surface area contributed by atoms with Crippen molar-refractivity contribution in [2.45, 2.75) is 31.6 Å². The predicted octanol–water partition coefficient (Wildman–Crippen LogP) is 4.32. The average molecular weight is 321 g/mol. The molecule has 0 radical (unpaired) electrons. The molecule has 1 fully saturated rings. The van der Waals surface area contributed by atoms with Gasteiger partial charge in [-0.1, -0.05) is 12.2 Å². The number of hydrogen-bond donors (Lipinski definition) is 0. The fourth-order valence-electron chi connectivity index (χ4n) is 3.01. The van der Waals surface area contributed by atoms with Crippen LogP contribution in [0.15, 0.2) is 24.5 Å². The van der Waals surface area contributed by atoms with Crippen molar-refractivity contribution in [1.82, 2.24) is 9.55 Å². The average Bonchev–Trinajstić information content (AvgIpc) is 2.82. The van der Waals surface area contributed by atoms with Gasteiger partial charge in [-0.05, 0) is 18.8 Å². The normalized spacial score (nSPS) is 18.7. The number of fused-ring (bicyclic) bond motifs is 1. The highest BCUT2D eigenvalue weighted by Crippen LogP contribution is 2.37. The maximum Gasteiger partial charge on any atom is 0.288 e. The molecule has 23 heavy (non-hydrogen) atoms. The SMILES string of the molecule is Cn1cc(C=CC2CCC(F)(F)CC2)c2cc([N+](=O)[O-])cnc21. The molecule has 0 N–H and O–H groups in total. The van der Waals surface area contributed by atoms with E-state index in [1.807, 2.05) is 25.4 Å². The number of aryl methyl sites for hydroxylation is 1. The quantitative estimate of drug-likeness (QED) is 0.625. The summed E-state index contributed by atoms with van der Waals surface area (Å²) in [6, 6.07) is 1.50. The molecule has 0 atom stereocenters. The lowest BCUT2D eigenvalue weighted by Crippen LogP contribution is -2.23. The van der Waals surface area contributed by atoms with Crippen LogP contribution in [0.4, 0.5) is 14.5 Å². The summed E-state index contributed by atoms with van der Waals surface area (Å²) < 4.78 is 28.1. The lowest BCUT2D eigenvalue weighted by Gasteiger charge is -2.26. The lowest BCUT2D eigenvalue weighted by atomic mass is 9.86. The van der Waals surface area contributed by atoms with Gasteiger partial charge >= 0.3 is 0 Å². The summed E-state index contributed by atoms with van der Waals surface area (Å²) in [4.78, 5) is 14.5. The fourth-order valence-corrected chi connectivity index (χ4v) is 3.01. The first-order chi connectivity index (χ1) is 10.9. The topological polar surface area (TPSA) is 61.0 Å². The summed E-state index contributed by atoms with van der Waals surface area (Å²) in [5.41, 5.74) is 1.41. The first-order valence-electron chi connectivity index (χ1n) is 7.51. The highest BCUT2D eigenvalue weighted by molar-refractivity contribution is 5.88. The molecule has 3 rings (SSSR count). The van der Waals surface area contributed by atoms with Gasteiger partial charge in [0, 0.05) is 43.1 Å². The molecule has 0 unspecified atom stereocenters. The van der Waals surface area contributed by atoms with Crippen molar-refractivity contribution in [3.05, 3.63) is 40.2 Å². The van der Waals surface area contributed by atoms with E-state index in [9.17, 15) is 18.9 Å². The van der Waals surface area contributed by atoms with E-state index >= 15 is 0 Å². The summed E-state index contributed by atoms with van der Waals surface area (Å²) in [5, 5.41) is 11.6. The van der Waals surface area contributed by atoms with Gasteiger partial charge in [-0.2, -0.15) is 0 Å². The summed E-state index contributed by atoms with van der Waals surface area (Å²) in [6.45, 7) is 0. The Morgan fingerprint density at radius 3 is 2.78 bits per heavy atom. The van der Waals surface area contributed by atoms with E-state index < -0.39 is 10.8 Å². The smallest absolute Gasteiger partial charge is 0.288 e. The molecular formula is C16H17F2N3O2. The molecule has 2 aromatic rings. The molecule has 0 saturated heterocycles. The molecule has 1 aliphatic carbocycles. The van der Waals surface area contributed by atoms with E-state index in [4.69, 9.17) is 0 Å². The zero-order valence-electron chi connectivity index (χ0n) is 12.7. The van der Waals surface area contributed by atoms with Gasteiger partial charge in [0.2, 0.25) is 5.92 Å². The van der Waals surface area contributed by atoms with E-state index in [-0.39, 0.29) is 24.4 Å². The Morgan fingerprint density at radius 2 is 2.13 bits per heavy atom. The van der Waals surface area contributed by atoms with E-state index in [0.717, 1.165) is 5.56 Å². The second-order valence-corrected chi connectivity index (χ2v) is 6.07. The highest BCUT2D eigenvalue weighted by atomic mass is 19.3. The highest BCUT2D eigenvalue weighted by Gasteiger charge is 2.33. The number of nitrogens with zero attached hydrogens (tertiary/aromatic N) is 3. The van der Waals surface area contributed by atoms with Crippen LogP contribution in [-0.4, -0.2) is 20.4 Å². The van der Waals surface area contributed by atoms with Gasteiger partial charge in [0.15, 0.2) is 0 Å². The minimum atomic E-state index is -2.53. The summed E-state index contributed by atoms with van der Waals surface area (Å²) >= 11 is 0. The van der Waals surface area contributed by atoms with Crippen molar-refractivity contribution in [1.29, 1.82) is 0 Å². The molecule has 0 bridgehead atoms. The van der Waals surface area contributed by atoms with Crippen molar-refractivity contribution < 1.29 is 13.7 Å². The fraction of sp³-hybridized carbons (Fsp3) is 0.438. The second-order valence-electron chi connectivity index (χ2n) is 6.07. The van der Waals surface area contributed by atoms with Crippen LogP contribution in [0.1, 0.15) is 31.2 Å². The number of nitro groups is 1. The van der Waals surface area contributed by atoms with Crippen LogP contribution in [0.2, 0.25) is 0 Å². The Hall–Kier alpha value is -2.31. The number of hydrogen-bond acceptors (Lipinski definition) is 3. The number of alkyl halides is 2. The number of aromatic nitrogens is 2. The first-order valence-corrected chi connectivity index (χ1v) is 7.51. The number of rotatable bonds is 3. The molecule has 0 aliphatic heterocycles. The molecule has 1 aliphatic rings. The molecule has 7 heteroatoms. The Balaban J connectivity index is 1.86. The van der Waals surface area contributed by atoms with Crippen LogP contribution < -0.4 is 0 Å². The molecule has 2 aromatic heterocycles. The van der Waals surface area contributed by atoms with Crippen LogP contribution in [0.5, 0.6) is 0 Å². The minimum Gasteiger partial charge on any atom is -0.335 e. The monoisotopic (exact) mass is 321 g/mol. The molecule has 122 valence electrons. The van der Waals surface area contributed by atoms with Crippen LogP contribution in [0.25, 0.3) is 17.1 Å². The van der Waals surface area contributed by atoms with Crippen molar-refractivity contribution in [2.24, 2.45) is 13.0 Å². The third-order valence-electron chi connectivity index (χ3n) is 4.35. The lowest BCUT2D eigenvalue weighted by molar-refractivity contribution is -0.385. The zero-order valence-corrected chi connectivity index (χ0v) is 12.7. The molecule has 1 saturated carbocycles. The van der Waals surface area contributed by atoms with Crippen molar-refractivity contribution in [3.8, 4) is 0 Å². The zero-order chi connectivity index (χ0) is 16.6. The van der Waals surface area contributed by atoms with Gasteiger partial charge < -0.3 is 4.57 Å². The molecule has 0 amide bonds. The van der Waals surface area contributed by atoms with Crippen molar-refractivity contribution in [3.63, 3.8) is 0 Å². The molecule has 0 spiro atoms. The van der Waals surface area contributed by atoms with Gasteiger partial charge in [-0.25, -0.2) is 13.8 Å². The van der Waals surface area contributed by atoms with Crippen LogP contribution in [-0.2, 0) is 7.05 Å². The standard InChI is InChI=1S/C16H17F2N3O2/c1-20-10-12(3-2-11-4-6-16(17,18)7-5-11)14-8-13(21(22)23)9-19-15(14)20/h2-3,8-11H,4-7H2,1H3. The van der Waals surface area contributed by atoms with Gasteiger partial charge in [0.25, 0.3) is 5.69 Å². The Bertz CT molecular complexity index is 773. The van der Waals surface area contributed by atoms with Gasteiger partial charge in [-0.3, -0.25) is 10.1 Å². The third-order valence-corrected chi connectivity index (χ3v) is 4.35. The van der Waals surface area contributed by atoms with E-state index in [2.05, 4.69) is 4.98 Å². The molecule has 0 aromatic carbocycles. The van der Waals surface area contributed by atoms with Gasteiger partial charge in [-0.15, -0.1) is 0 Å². The summed E-state index contributed by atoms with van der Waals surface area (Å²) in [6.07, 6.45) is 7.65. The van der Waals surface area contributed by atoms with Crippen LogP contribution in [0.3, 0.4) is 0 Å². The van der Waals surface area contributed by atoms with Gasteiger partial charge in [0.05, 0.1) is 4.92 Å². The van der Waals surface area contributed by atoms with Crippen molar-refractivity contribution in [2.75, 3.05) is 0 Å². The summed E-state index contributed by atoms with van der Waals surface area (Å²) in [5.74, 6) is -2.41. The van der Waals surface area contributed by atoms with Gasteiger partial charge in [0.1, 0.15) is 11.8 Å². The maximum absolute atomic E-state index is 13.2. The Labute approximate surface area is 131 Å². The van der Waals surface area contributed by atoms with Crippen LogP contribution >= 0.6 is 0 Å². The minimum absolute atomic E-state index is 0.0596. The van der Waals surface area contributed by atoms with E-state index in [1.54, 1.807) is 4.57 Å². The second kappa shape index (κ2) is 5.72.